The second-order valence-corrected chi connectivity index (χ2v) is 8.97. The van der Waals surface area contributed by atoms with E-state index in [4.69, 9.17) is 0 Å². The Kier molecular flexibility index (Phi) is 5.83. The smallest absolute Gasteiger partial charge is 0.250 e. The van der Waals surface area contributed by atoms with Crippen LogP contribution in [-0.2, 0) is 17.9 Å². The van der Waals surface area contributed by atoms with Gasteiger partial charge in [-0.25, -0.2) is 0 Å². The summed E-state index contributed by atoms with van der Waals surface area (Å²) in [5.41, 5.74) is 2.93. The average molecular weight is 445 g/mol. The number of nitrogens with one attached hydrogen (secondary N) is 1. The highest BCUT2D eigenvalue weighted by Gasteiger charge is 2.55. The average Bonchev–Trinajstić information content (AvgIpc) is 3.36. The number of benzene rings is 1. The summed E-state index contributed by atoms with van der Waals surface area (Å²) >= 11 is 0. The van der Waals surface area contributed by atoms with Gasteiger partial charge in [-0.3, -0.25) is 19.5 Å². The van der Waals surface area contributed by atoms with Gasteiger partial charge in [-0.2, -0.15) is 0 Å². The molecular weight excluding hydrogens is 416 g/mol. The van der Waals surface area contributed by atoms with Crippen LogP contribution in [0.5, 0.6) is 0 Å². The maximum atomic E-state index is 13.7. The second kappa shape index (κ2) is 8.92. The van der Waals surface area contributed by atoms with E-state index < -0.39 is 6.04 Å². The lowest BCUT2D eigenvalue weighted by Gasteiger charge is -2.31. The third-order valence-electron chi connectivity index (χ3n) is 7.11. The van der Waals surface area contributed by atoms with Crippen molar-refractivity contribution in [1.29, 1.82) is 0 Å². The molecule has 0 bridgehead atoms. The first-order chi connectivity index (χ1) is 16.1. The van der Waals surface area contributed by atoms with Crippen LogP contribution in [0.3, 0.4) is 0 Å². The number of aliphatic hydroxyl groups is 1. The number of hydrogen-bond donors (Lipinski definition) is 2. The molecule has 7 nitrogen and oxygen atoms in total. The van der Waals surface area contributed by atoms with E-state index in [2.05, 4.69) is 15.2 Å². The molecule has 1 aromatic carbocycles. The summed E-state index contributed by atoms with van der Waals surface area (Å²) in [7, 11) is 0. The van der Waals surface area contributed by atoms with Gasteiger partial charge >= 0.3 is 0 Å². The van der Waals surface area contributed by atoms with Crippen LogP contribution in [-0.4, -0.2) is 38.1 Å². The first kappa shape index (κ1) is 21.6. The van der Waals surface area contributed by atoms with Crippen molar-refractivity contribution in [2.75, 3.05) is 6.61 Å². The molecule has 5 atom stereocenters. The Morgan fingerprint density at radius 2 is 1.88 bits per heavy atom. The van der Waals surface area contributed by atoms with Crippen molar-refractivity contribution in [1.82, 2.24) is 19.8 Å². The minimum Gasteiger partial charge on any atom is -0.396 e. The molecule has 7 heteroatoms. The molecule has 2 aliphatic heterocycles. The summed E-state index contributed by atoms with van der Waals surface area (Å²) in [5, 5.41) is 13.6. The molecule has 2 N–H and O–H groups in total. The molecule has 0 unspecified atom stereocenters. The van der Waals surface area contributed by atoms with Crippen LogP contribution >= 0.6 is 0 Å². The summed E-state index contributed by atoms with van der Waals surface area (Å²) in [4.78, 5) is 32.4. The third kappa shape index (κ3) is 3.87. The quantitative estimate of drug-likeness (QED) is 0.609. The summed E-state index contributed by atoms with van der Waals surface area (Å²) in [6.45, 7) is 2.89. The van der Waals surface area contributed by atoms with E-state index in [9.17, 15) is 14.7 Å². The number of carbonyl (C=O) groups excluding carboxylic acids is 1. The van der Waals surface area contributed by atoms with Gasteiger partial charge in [0.2, 0.25) is 5.91 Å². The molecule has 5 rings (SSSR count). The summed E-state index contributed by atoms with van der Waals surface area (Å²) in [6, 6.07) is 18.3. The van der Waals surface area contributed by atoms with Crippen molar-refractivity contribution in [3.63, 3.8) is 0 Å². The molecule has 0 aliphatic carbocycles. The van der Waals surface area contributed by atoms with Crippen molar-refractivity contribution >= 4 is 5.91 Å². The zero-order valence-electron chi connectivity index (χ0n) is 18.5. The molecule has 0 saturated carbocycles. The first-order valence-corrected chi connectivity index (χ1v) is 11.4. The number of likely N-dealkylation sites (tertiary alicyclic amines) is 1. The molecule has 33 heavy (non-hydrogen) atoms. The van der Waals surface area contributed by atoms with Gasteiger partial charge in [0.15, 0.2) is 0 Å². The monoisotopic (exact) mass is 444 g/mol. The molecule has 0 radical (unpaired) electrons. The normalized spacial score (nSPS) is 24.8. The lowest BCUT2D eigenvalue weighted by Crippen LogP contribution is -2.48. The molecule has 4 heterocycles. The third-order valence-corrected chi connectivity index (χ3v) is 7.11. The first-order valence-electron chi connectivity index (χ1n) is 11.4. The van der Waals surface area contributed by atoms with Gasteiger partial charge in [0.05, 0.1) is 18.1 Å². The maximum absolute atomic E-state index is 13.7. The van der Waals surface area contributed by atoms with Crippen LogP contribution in [0.4, 0.5) is 0 Å². The zero-order valence-corrected chi connectivity index (χ0v) is 18.5. The van der Waals surface area contributed by atoms with E-state index in [1.807, 2.05) is 55.5 Å². The number of hydrogen-bond acceptors (Lipinski definition) is 5. The number of nitrogens with zero attached hydrogens (tertiary/aromatic N) is 3. The van der Waals surface area contributed by atoms with Crippen LogP contribution in [0, 0.1) is 11.8 Å². The van der Waals surface area contributed by atoms with Gasteiger partial charge in [0.1, 0.15) is 0 Å². The topological polar surface area (TPSA) is 87.5 Å². The largest absolute Gasteiger partial charge is 0.396 e. The minimum absolute atomic E-state index is 0.0188. The Bertz CT molecular complexity index is 1180. The van der Waals surface area contributed by atoms with Crippen LogP contribution in [0.25, 0.3) is 0 Å². The zero-order chi connectivity index (χ0) is 22.9. The molecule has 2 aromatic heterocycles. The number of amides is 1. The van der Waals surface area contributed by atoms with Crippen molar-refractivity contribution in [3.8, 4) is 0 Å². The number of aliphatic hydroxyl groups excluding tert-OH is 1. The van der Waals surface area contributed by atoms with Crippen molar-refractivity contribution in [3.05, 3.63) is 100 Å². The highest BCUT2D eigenvalue weighted by atomic mass is 16.3. The van der Waals surface area contributed by atoms with Crippen LogP contribution in [0.15, 0.2) is 77.9 Å². The van der Waals surface area contributed by atoms with Crippen LogP contribution < -0.4 is 10.9 Å². The van der Waals surface area contributed by atoms with E-state index in [0.29, 0.717) is 13.1 Å². The minimum atomic E-state index is -0.506. The number of pyridine rings is 2. The second-order valence-electron chi connectivity index (χ2n) is 8.97. The van der Waals surface area contributed by atoms with E-state index in [1.54, 1.807) is 29.1 Å². The van der Waals surface area contributed by atoms with Crippen LogP contribution in [0.2, 0.25) is 0 Å². The van der Waals surface area contributed by atoms with E-state index in [-0.39, 0.29) is 42.0 Å². The summed E-state index contributed by atoms with van der Waals surface area (Å²) < 4.78 is 1.79. The standard InChI is InChI=1S/C26H28N4O3/c1-17(19-6-3-2-4-7-19)28-26(33)25-21(16-31)20-15-29-22(8-5-9-23(29)32)24(20)30(25)14-18-10-12-27-13-11-18/h2-13,17,20-21,24-25,31H,14-16H2,1H3,(H,28,33)/t17-,20+,21+,24-,25+/m0/s1. The Hall–Kier alpha value is -3.29. The Morgan fingerprint density at radius 3 is 2.61 bits per heavy atom. The van der Waals surface area contributed by atoms with Gasteiger partial charge in [0, 0.05) is 55.7 Å². The lowest BCUT2D eigenvalue weighted by atomic mass is 9.88. The fourth-order valence-corrected chi connectivity index (χ4v) is 5.56. The molecular formula is C26H28N4O3. The van der Waals surface area contributed by atoms with E-state index in [0.717, 1.165) is 16.8 Å². The summed E-state index contributed by atoms with van der Waals surface area (Å²) in [6.07, 6.45) is 3.48. The maximum Gasteiger partial charge on any atom is 0.250 e. The van der Waals surface area contributed by atoms with Crippen molar-refractivity contribution in [2.45, 2.75) is 38.1 Å². The van der Waals surface area contributed by atoms with Gasteiger partial charge < -0.3 is 15.0 Å². The van der Waals surface area contributed by atoms with E-state index >= 15 is 0 Å². The lowest BCUT2D eigenvalue weighted by molar-refractivity contribution is -0.128. The van der Waals surface area contributed by atoms with Crippen molar-refractivity contribution < 1.29 is 9.90 Å². The van der Waals surface area contributed by atoms with Gasteiger partial charge in [-0.1, -0.05) is 36.4 Å². The van der Waals surface area contributed by atoms with Crippen LogP contribution in [0.1, 0.15) is 35.8 Å². The predicted octanol–water partition coefficient (Wildman–Crippen LogP) is 2.28. The molecule has 1 saturated heterocycles. The van der Waals surface area contributed by atoms with Gasteiger partial charge in [-0.05, 0) is 36.2 Å². The highest BCUT2D eigenvalue weighted by Crippen LogP contribution is 2.49. The SMILES string of the molecule is C[C@H](NC(=O)[C@H]1[C@H](CO)[C@H]2Cn3c(cccc3=O)[C@H]2N1Cc1ccncc1)c1ccccc1. The molecule has 0 spiro atoms. The Balaban J connectivity index is 1.51. The highest BCUT2D eigenvalue weighted by molar-refractivity contribution is 5.83. The van der Waals surface area contributed by atoms with Crippen molar-refractivity contribution in [2.24, 2.45) is 11.8 Å². The molecule has 170 valence electrons. The number of fused-ring (bicyclic) bond motifs is 3. The van der Waals surface area contributed by atoms with Gasteiger partial charge in [-0.15, -0.1) is 0 Å². The number of carbonyl (C=O) groups is 1. The molecule has 1 amide bonds. The summed E-state index contributed by atoms with van der Waals surface area (Å²) in [5.74, 6) is -0.396. The Labute approximate surface area is 192 Å². The molecule has 3 aromatic rings. The predicted molar refractivity (Wildman–Crippen MR) is 124 cm³/mol. The van der Waals surface area contributed by atoms with Gasteiger partial charge in [0.25, 0.3) is 5.56 Å². The number of rotatable bonds is 6. The fraction of sp³-hybridized carbons (Fsp3) is 0.346. The van der Waals surface area contributed by atoms with E-state index in [1.165, 1.54) is 0 Å². The Morgan fingerprint density at radius 1 is 1.12 bits per heavy atom. The molecule has 2 aliphatic rings. The fourth-order valence-electron chi connectivity index (χ4n) is 5.56. The molecule has 1 fully saturated rings. The number of aromatic nitrogens is 2.